The zero-order valence-electron chi connectivity index (χ0n) is 17.6. The second kappa shape index (κ2) is 7.28. The third-order valence-corrected chi connectivity index (χ3v) is 5.97. The number of pyridine rings is 2. The van der Waals surface area contributed by atoms with Crippen LogP contribution in [0, 0.1) is 13.8 Å². The third-order valence-electron chi connectivity index (χ3n) is 5.97. The third kappa shape index (κ3) is 3.27. The summed E-state index contributed by atoms with van der Waals surface area (Å²) in [7, 11) is 0. The minimum Gasteiger partial charge on any atom is -0.368 e. The van der Waals surface area contributed by atoms with E-state index in [2.05, 4.69) is 38.5 Å². The molecule has 0 unspecified atom stereocenters. The molecule has 1 saturated heterocycles. The number of hydrogen-bond donors (Lipinski definition) is 2. The van der Waals surface area contributed by atoms with Gasteiger partial charge in [-0.15, -0.1) is 0 Å². The summed E-state index contributed by atoms with van der Waals surface area (Å²) in [5, 5.41) is 6.56. The number of piperazine rings is 1. The molecule has 2 aliphatic heterocycles. The average Bonchev–Trinajstić information content (AvgIpc) is 3.30. The monoisotopic (exact) mass is 405 g/mol. The Bertz CT molecular complexity index is 1120. The second-order valence-corrected chi connectivity index (χ2v) is 8.28. The van der Waals surface area contributed by atoms with Gasteiger partial charge in [-0.3, -0.25) is 4.90 Å². The van der Waals surface area contributed by atoms with Gasteiger partial charge in [0.2, 0.25) is 0 Å². The van der Waals surface area contributed by atoms with Gasteiger partial charge in [-0.1, -0.05) is 0 Å². The molecule has 2 N–H and O–H groups in total. The van der Waals surface area contributed by atoms with Crippen molar-refractivity contribution in [3.8, 4) is 0 Å². The Morgan fingerprint density at radius 1 is 1.27 bits per heavy atom. The van der Waals surface area contributed by atoms with Gasteiger partial charge in [0.15, 0.2) is 0 Å². The molecule has 1 fully saturated rings. The van der Waals surface area contributed by atoms with Crippen LogP contribution in [0.1, 0.15) is 23.7 Å². The molecule has 8 heteroatoms. The number of rotatable bonds is 2. The van der Waals surface area contributed by atoms with Crippen LogP contribution in [0.3, 0.4) is 0 Å². The predicted molar refractivity (Wildman–Crippen MR) is 119 cm³/mol. The summed E-state index contributed by atoms with van der Waals surface area (Å²) in [4.78, 5) is 26.3. The molecule has 30 heavy (non-hydrogen) atoms. The van der Waals surface area contributed by atoms with Crippen LogP contribution in [0.25, 0.3) is 5.65 Å². The number of carbonyl (C=O) groups excluding carboxylic acids is 1. The predicted octanol–water partition coefficient (Wildman–Crippen LogP) is 2.74. The minimum atomic E-state index is -0.147. The highest BCUT2D eigenvalue weighted by molar-refractivity contribution is 6.03. The number of hydrogen-bond acceptors (Lipinski definition) is 5. The molecule has 2 amide bonds. The Hall–Kier alpha value is -3.13. The van der Waals surface area contributed by atoms with Crippen LogP contribution in [-0.4, -0.2) is 52.6 Å². The number of nitrogens with one attached hydrogen (secondary N) is 2. The molecule has 3 aromatic rings. The fourth-order valence-corrected chi connectivity index (χ4v) is 4.49. The number of anilines is 3. The summed E-state index contributed by atoms with van der Waals surface area (Å²) in [5.41, 5.74) is 5.97. The van der Waals surface area contributed by atoms with Crippen LogP contribution in [-0.2, 0) is 6.42 Å². The van der Waals surface area contributed by atoms with E-state index >= 15 is 0 Å². The van der Waals surface area contributed by atoms with Crippen molar-refractivity contribution in [2.45, 2.75) is 33.2 Å². The first-order valence-corrected chi connectivity index (χ1v) is 10.5. The summed E-state index contributed by atoms with van der Waals surface area (Å²) in [5.74, 6) is 0.772. The quantitative estimate of drug-likeness (QED) is 0.686. The normalized spacial score (nSPS) is 18.7. The van der Waals surface area contributed by atoms with Crippen LogP contribution in [0.15, 0.2) is 30.7 Å². The Morgan fingerprint density at radius 2 is 2.13 bits per heavy atom. The average molecular weight is 406 g/mol. The van der Waals surface area contributed by atoms with Crippen molar-refractivity contribution < 1.29 is 4.79 Å². The van der Waals surface area contributed by atoms with Crippen molar-refractivity contribution in [3.63, 3.8) is 0 Å². The van der Waals surface area contributed by atoms with Gasteiger partial charge in [-0.05, 0) is 44.9 Å². The maximum Gasteiger partial charge on any atom is 0.327 e. The van der Waals surface area contributed by atoms with Crippen molar-refractivity contribution >= 4 is 28.9 Å². The number of aryl methyl sites for hydroxylation is 2. The SMILES string of the molecule is Cc1cn2cc(NC(=O)N3CCc4c(N5CCN[C@H](C)C5)ccnc43)c(C)cc2n1. The zero-order valence-corrected chi connectivity index (χ0v) is 17.6. The van der Waals surface area contributed by atoms with Gasteiger partial charge < -0.3 is 19.9 Å². The van der Waals surface area contributed by atoms with Gasteiger partial charge in [0.1, 0.15) is 11.5 Å². The lowest BCUT2D eigenvalue weighted by Gasteiger charge is -2.34. The highest BCUT2D eigenvalue weighted by Crippen LogP contribution is 2.34. The molecule has 2 aliphatic rings. The summed E-state index contributed by atoms with van der Waals surface area (Å²) >= 11 is 0. The number of amides is 2. The maximum absolute atomic E-state index is 13.1. The fraction of sp³-hybridized carbons (Fsp3) is 0.409. The van der Waals surface area contributed by atoms with Crippen molar-refractivity contribution in [1.29, 1.82) is 0 Å². The number of fused-ring (bicyclic) bond motifs is 2. The minimum absolute atomic E-state index is 0.147. The van der Waals surface area contributed by atoms with E-state index in [4.69, 9.17) is 0 Å². The van der Waals surface area contributed by atoms with Gasteiger partial charge in [0.25, 0.3) is 0 Å². The number of urea groups is 1. The molecule has 0 aromatic carbocycles. The molecule has 8 nitrogen and oxygen atoms in total. The Labute approximate surface area is 175 Å². The lowest BCUT2D eigenvalue weighted by molar-refractivity contribution is 0.257. The van der Waals surface area contributed by atoms with E-state index in [1.54, 1.807) is 4.90 Å². The maximum atomic E-state index is 13.1. The van der Waals surface area contributed by atoms with E-state index in [9.17, 15) is 4.79 Å². The number of imidazole rings is 1. The van der Waals surface area contributed by atoms with Gasteiger partial charge >= 0.3 is 6.03 Å². The molecule has 5 heterocycles. The summed E-state index contributed by atoms with van der Waals surface area (Å²) < 4.78 is 1.94. The molecular formula is C22H27N7O. The van der Waals surface area contributed by atoms with Crippen LogP contribution in [0.2, 0.25) is 0 Å². The molecule has 1 atom stereocenters. The molecule has 0 radical (unpaired) electrons. The summed E-state index contributed by atoms with van der Waals surface area (Å²) in [6.45, 7) is 9.69. The smallest absolute Gasteiger partial charge is 0.327 e. The molecular weight excluding hydrogens is 378 g/mol. The van der Waals surface area contributed by atoms with E-state index in [-0.39, 0.29) is 6.03 Å². The van der Waals surface area contributed by atoms with Gasteiger partial charge in [0.05, 0.1) is 11.4 Å². The summed E-state index contributed by atoms with van der Waals surface area (Å²) in [6, 6.07) is 4.37. The van der Waals surface area contributed by atoms with E-state index in [1.807, 2.05) is 42.9 Å². The number of nitrogens with zero attached hydrogens (tertiary/aromatic N) is 5. The lowest BCUT2D eigenvalue weighted by atomic mass is 10.1. The van der Waals surface area contributed by atoms with Crippen molar-refractivity contribution in [2.24, 2.45) is 0 Å². The van der Waals surface area contributed by atoms with Gasteiger partial charge in [-0.2, -0.15) is 0 Å². The van der Waals surface area contributed by atoms with E-state index in [0.29, 0.717) is 12.6 Å². The summed E-state index contributed by atoms with van der Waals surface area (Å²) in [6.07, 6.45) is 6.52. The first-order valence-electron chi connectivity index (χ1n) is 10.5. The number of aromatic nitrogens is 3. The molecule has 0 saturated carbocycles. The lowest BCUT2D eigenvalue weighted by Crippen LogP contribution is -2.49. The Morgan fingerprint density at radius 3 is 2.97 bits per heavy atom. The fourth-order valence-electron chi connectivity index (χ4n) is 4.49. The Balaban J connectivity index is 1.40. The molecule has 0 spiro atoms. The standard InChI is InChI=1S/C22H27N7O/c1-14-10-20-25-16(3)12-28(20)13-18(14)26-22(30)29-8-5-17-19(4-6-24-21(17)29)27-9-7-23-15(2)11-27/h4,6,10,12-13,15,23H,5,7-9,11H2,1-3H3,(H,26,30)/t15-/m1/s1. The van der Waals surface area contributed by atoms with Crippen LogP contribution < -0.4 is 20.4 Å². The van der Waals surface area contributed by atoms with Gasteiger partial charge in [0, 0.05) is 62.1 Å². The second-order valence-electron chi connectivity index (χ2n) is 8.28. The largest absolute Gasteiger partial charge is 0.368 e. The van der Waals surface area contributed by atoms with E-state index < -0.39 is 0 Å². The van der Waals surface area contributed by atoms with Crippen LogP contribution >= 0.6 is 0 Å². The van der Waals surface area contributed by atoms with E-state index in [0.717, 1.165) is 54.5 Å². The Kier molecular flexibility index (Phi) is 4.58. The van der Waals surface area contributed by atoms with E-state index in [1.165, 1.54) is 11.3 Å². The first-order chi connectivity index (χ1) is 14.5. The van der Waals surface area contributed by atoms with Crippen molar-refractivity contribution in [1.82, 2.24) is 19.7 Å². The first kappa shape index (κ1) is 18.9. The molecule has 3 aromatic heterocycles. The number of carbonyl (C=O) groups is 1. The molecule has 0 aliphatic carbocycles. The van der Waals surface area contributed by atoms with Crippen molar-refractivity contribution in [3.05, 3.63) is 47.5 Å². The topological polar surface area (TPSA) is 77.8 Å². The highest BCUT2D eigenvalue weighted by Gasteiger charge is 2.30. The molecule has 0 bridgehead atoms. The van der Waals surface area contributed by atoms with Gasteiger partial charge in [-0.25, -0.2) is 14.8 Å². The van der Waals surface area contributed by atoms with Crippen LogP contribution in [0.4, 0.5) is 22.0 Å². The zero-order chi connectivity index (χ0) is 20.8. The molecule has 5 rings (SSSR count). The van der Waals surface area contributed by atoms with Crippen LogP contribution in [0.5, 0.6) is 0 Å². The molecule has 156 valence electrons. The van der Waals surface area contributed by atoms with Crippen molar-refractivity contribution in [2.75, 3.05) is 41.3 Å². The highest BCUT2D eigenvalue weighted by atomic mass is 16.2.